The molecule has 0 aliphatic heterocycles. The molecule has 1 aromatic heterocycles. The van der Waals surface area contributed by atoms with Crippen molar-refractivity contribution in [2.45, 2.75) is 33.4 Å². The zero-order valence-corrected chi connectivity index (χ0v) is 8.91. The normalized spacial score (nSPS) is 11.1. The van der Waals surface area contributed by atoms with Crippen molar-refractivity contribution in [2.75, 3.05) is 13.2 Å². The molecular formula is C9H17N3O2. The molecule has 80 valence electrons. The standard InChI is InChI=1S/C9H17N3O2/c1-7(2)13-5-4-10-6-9-8(3)11-14-12-9/h7,10H,4-6H2,1-3H3. The van der Waals surface area contributed by atoms with Crippen LogP contribution in [0.15, 0.2) is 4.63 Å². The van der Waals surface area contributed by atoms with Gasteiger partial charge in [-0.05, 0) is 20.8 Å². The van der Waals surface area contributed by atoms with Gasteiger partial charge in [0.15, 0.2) is 0 Å². The lowest BCUT2D eigenvalue weighted by atomic mass is 10.3. The fourth-order valence-electron chi connectivity index (χ4n) is 0.983. The average Bonchev–Trinajstić information content (AvgIpc) is 2.51. The predicted octanol–water partition coefficient (Wildman–Crippen LogP) is 0.893. The molecule has 0 spiro atoms. The van der Waals surface area contributed by atoms with E-state index in [0.29, 0.717) is 13.2 Å². The summed E-state index contributed by atoms with van der Waals surface area (Å²) in [5.41, 5.74) is 1.69. The SMILES string of the molecule is Cc1nonc1CNCCOC(C)C. The molecule has 0 saturated carbocycles. The minimum Gasteiger partial charge on any atom is -0.377 e. The number of ether oxygens (including phenoxy) is 1. The summed E-state index contributed by atoms with van der Waals surface area (Å²) in [6.45, 7) is 8.11. The molecule has 0 aliphatic rings. The van der Waals surface area contributed by atoms with Crippen molar-refractivity contribution < 1.29 is 9.37 Å². The third kappa shape index (κ3) is 3.85. The summed E-state index contributed by atoms with van der Waals surface area (Å²) in [5, 5.41) is 10.6. The number of nitrogens with zero attached hydrogens (tertiary/aromatic N) is 2. The number of rotatable bonds is 6. The van der Waals surface area contributed by atoms with E-state index in [2.05, 4.69) is 20.3 Å². The van der Waals surface area contributed by atoms with Gasteiger partial charge in [-0.25, -0.2) is 4.63 Å². The molecule has 5 heteroatoms. The Morgan fingerprint density at radius 3 is 2.79 bits per heavy atom. The Kier molecular flexibility index (Phi) is 4.55. The first kappa shape index (κ1) is 11.1. The van der Waals surface area contributed by atoms with E-state index in [1.807, 2.05) is 20.8 Å². The summed E-state index contributed by atoms with van der Waals surface area (Å²) in [7, 11) is 0. The minimum atomic E-state index is 0.284. The number of aromatic nitrogens is 2. The molecule has 1 aromatic rings. The highest BCUT2D eigenvalue weighted by Gasteiger charge is 2.03. The van der Waals surface area contributed by atoms with Crippen LogP contribution in [0.3, 0.4) is 0 Å². The molecule has 0 aromatic carbocycles. The monoisotopic (exact) mass is 199 g/mol. The van der Waals surface area contributed by atoms with Crippen LogP contribution in [0, 0.1) is 6.92 Å². The molecule has 0 fully saturated rings. The Bertz CT molecular complexity index is 260. The first-order valence-electron chi connectivity index (χ1n) is 4.80. The van der Waals surface area contributed by atoms with Crippen molar-refractivity contribution in [1.82, 2.24) is 15.6 Å². The molecule has 0 saturated heterocycles. The molecule has 0 unspecified atom stereocenters. The van der Waals surface area contributed by atoms with Gasteiger partial charge in [0.05, 0.1) is 12.7 Å². The smallest absolute Gasteiger partial charge is 0.121 e. The van der Waals surface area contributed by atoms with Crippen LogP contribution < -0.4 is 5.32 Å². The van der Waals surface area contributed by atoms with Crippen LogP contribution in [0.2, 0.25) is 0 Å². The molecule has 0 radical (unpaired) electrons. The van der Waals surface area contributed by atoms with Gasteiger partial charge in [-0.15, -0.1) is 0 Å². The van der Waals surface area contributed by atoms with E-state index in [0.717, 1.165) is 17.9 Å². The fraction of sp³-hybridized carbons (Fsp3) is 0.778. The van der Waals surface area contributed by atoms with Crippen LogP contribution in [0.5, 0.6) is 0 Å². The zero-order chi connectivity index (χ0) is 10.4. The molecule has 5 nitrogen and oxygen atoms in total. The molecule has 0 atom stereocenters. The number of hydrogen-bond donors (Lipinski definition) is 1. The van der Waals surface area contributed by atoms with Crippen molar-refractivity contribution >= 4 is 0 Å². The topological polar surface area (TPSA) is 60.2 Å². The van der Waals surface area contributed by atoms with E-state index in [4.69, 9.17) is 4.74 Å². The molecule has 0 amide bonds. The molecule has 1 rings (SSSR count). The van der Waals surface area contributed by atoms with Crippen molar-refractivity contribution in [3.8, 4) is 0 Å². The Labute approximate surface area is 83.8 Å². The Morgan fingerprint density at radius 1 is 1.43 bits per heavy atom. The van der Waals surface area contributed by atoms with Gasteiger partial charge in [-0.1, -0.05) is 10.3 Å². The Balaban J connectivity index is 2.08. The van der Waals surface area contributed by atoms with Crippen LogP contribution in [0.4, 0.5) is 0 Å². The maximum Gasteiger partial charge on any atom is 0.121 e. The van der Waals surface area contributed by atoms with E-state index in [1.165, 1.54) is 0 Å². The maximum atomic E-state index is 5.37. The van der Waals surface area contributed by atoms with Crippen molar-refractivity contribution in [3.63, 3.8) is 0 Å². The lowest BCUT2D eigenvalue weighted by molar-refractivity contribution is 0.0806. The number of aryl methyl sites for hydroxylation is 1. The van der Waals surface area contributed by atoms with Crippen LogP contribution >= 0.6 is 0 Å². The molecule has 14 heavy (non-hydrogen) atoms. The maximum absolute atomic E-state index is 5.37. The van der Waals surface area contributed by atoms with E-state index in [-0.39, 0.29) is 6.10 Å². The largest absolute Gasteiger partial charge is 0.377 e. The molecule has 1 heterocycles. The number of hydrogen-bond acceptors (Lipinski definition) is 5. The highest BCUT2D eigenvalue weighted by atomic mass is 16.6. The van der Waals surface area contributed by atoms with Gasteiger partial charge >= 0.3 is 0 Å². The summed E-state index contributed by atoms with van der Waals surface area (Å²) in [6, 6.07) is 0. The van der Waals surface area contributed by atoms with E-state index in [9.17, 15) is 0 Å². The fourth-order valence-corrected chi connectivity index (χ4v) is 0.983. The van der Waals surface area contributed by atoms with E-state index in [1.54, 1.807) is 0 Å². The zero-order valence-electron chi connectivity index (χ0n) is 8.91. The van der Waals surface area contributed by atoms with Gasteiger partial charge < -0.3 is 10.1 Å². The summed E-state index contributed by atoms with van der Waals surface area (Å²) in [6.07, 6.45) is 0.284. The first-order valence-corrected chi connectivity index (χ1v) is 4.80. The van der Waals surface area contributed by atoms with Gasteiger partial charge in [0.1, 0.15) is 11.4 Å². The minimum absolute atomic E-state index is 0.284. The molecule has 1 N–H and O–H groups in total. The van der Waals surface area contributed by atoms with Crippen LogP contribution in [0.1, 0.15) is 25.2 Å². The lowest BCUT2D eigenvalue weighted by Gasteiger charge is -2.07. The van der Waals surface area contributed by atoms with Gasteiger partial charge in [-0.2, -0.15) is 0 Å². The second-order valence-electron chi connectivity index (χ2n) is 3.39. The third-order valence-corrected chi connectivity index (χ3v) is 1.77. The van der Waals surface area contributed by atoms with Crippen LogP contribution in [-0.2, 0) is 11.3 Å². The molecular weight excluding hydrogens is 182 g/mol. The van der Waals surface area contributed by atoms with Crippen molar-refractivity contribution in [2.24, 2.45) is 0 Å². The first-order chi connectivity index (χ1) is 6.70. The lowest BCUT2D eigenvalue weighted by Crippen LogP contribution is -2.21. The van der Waals surface area contributed by atoms with E-state index < -0.39 is 0 Å². The quantitative estimate of drug-likeness (QED) is 0.689. The summed E-state index contributed by atoms with van der Waals surface area (Å²) < 4.78 is 9.94. The van der Waals surface area contributed by atoms with Crippen LogP contribution in [0.25, 0.3) is 0 Å². The van der Waals surface area contributed by atoms with Gasteiger partial charge in [0.2, 0.25) is 0 Å². The second-order valence-corrected chi connectivity index (χ2v) is 3.39. The van der Waals surface area contributed by atoms with Gasteiger partial charge in [0.25, 0.3) is 0 Å². The summed E-state index contributed by atoms with van der Waals surface area (Å²) in [5.74, 6) is 0. The van der Waals surface area contributed by atoms with Gasteiger partial charge in [-0.3, -0.25) is 0 Å². The predicted molar refractivity (Wildman–Crippen MR) is 51.8 cm³/mol. The Morgan fingerprint density at radius 2 is 2.21 bits per heavy atom. The third-order valence-electron chi connectivity index (χ3n) is 1.77. The Hall–Kier alpha value is -0.940. The summed E-state index contributed by atoms with van der Waals surface area (Å²) in [4.78, 5) is 0. The molecule has 0 aliphatic carbocycles. The van der Waals surface area contributed by atoms with Crippen molar-refractivity contribution in [1.29, 1.82) is 0 Å². The van der Waals surface area contributed by atoms with E-state index >= 15 is 0 Å². The molecule has 0 bridgehead atoms. The van der Waals surface area contributed by atoms with Crippen molar-refractivity contribution in [3.05, 3.63) is 11.4 Å². The van der Waals surface area contributed by atoms with Crippen LogP contribution in [-0.4, -0.2) is 29.6 Å². The summed E-state index contributed by atoms with van der Waals surface area (Å²) >= 11 is 0. The highest BCUT2D eigenvalue weighted by Crippen LogP contribution is 1.98. The second kappa shape index (κ2) is 5.72. The van der Waals surface area contributed by atoms with Gasteiger partial charge in [0, 0.05) is 13.1 Å². The average molecular weight is 199 g/mol. The highest BCUT2D eigenvalue weighted by molar-refractivity contribution is 5.03. The number of nitrogens with one attached hydrogen (secondary N) is 1.